The summed E-state index contributed by atoms with van der Waals surface area (Å²) < 4.78 is 5.07. The minimum absolute atomic E-state index is 0.0180. The van der Waals surface area contributed by atoms with Gasteiger partial charge in [0.2, 0.25) is 0 Å². The van der Waals surface area contributed by atoms with E-state index >= 15 is 0 Å². The van der Waals surface area contributed by atoms with E-state index in [1.807, 2.05) is 11.4 Å². The SMILES string of the molecule is COc1ccsc1/C=C/C(=O)CCl. The summed E-state index contributed by atoms with van der Waals surface area (Å²) in [6, 6.07) is 1.86. The number of ketones is 1. The third-order valence-corrected chi connectivity index (χ3v) is 2.56. The van der Waals surface area contributed by atoms with Gasteiger partial charge in [0.15, 0.2) is 5.78 Å². The van der Waals surface area contributed by atoms with Gasteiger partial charge in [-0.3, -0.25) is 4.79 Å². The lowest BCUT2D eigenvalue weighted by Crippen LogP contribution is -1.91. The van der Waals surface area contributed by atoms with Crippen LogP contribution in [0.1, 0.15) is 4.88 Å². The smallest absolute Gasteiger partial charge is 0.170 e. The molecule has 0 aliphatic heterocycles. The second-order valence-corrected chi connectivity index (χ2v) is 3.50. The molecule has 0 aliphatic rings. The summed E-state index contributed by atoms with van der Waals surface area (Å²) in [4.78, 5) is 11.8. The summed E-state index contributed by atoms with van der Waals surface area (Å²) in [6.07, 6.45) is 3.18. The second-order valence-electron chi connectivity index (χ2n) is 2.29. The average Bonchev–Trinajstić information content (AvgIpc) is 2.61. The highest BCUT2D eigenvalue weighted by atomic mass is 35.5. The molecule has 0 aromatic carbocycles. The molecule has 4 heteroatoms. The molecule has 2 nitrogen and oxygen atoms in total. The van der Waals surface area contributed by atoms with Crippen LogP contribution < -0.4 is 4.74 Å². The first-order valence-corrected chi connectivity index (χ1v) is 5.07. The van der Waals surface area contributed by atoms with Crippen molar-refractivity contribution in [2.45, 2.75) is 0 Å². The number of rotatable bonds is 4. The largest absolute Gasteiger partial charge is 0.495 e. The van der Waals surface area contributed by atoms with Gasteiger partial charge < -0.3 is 4.74 Å². The lowest BCUT2D eigenvalue weighted by molar-refractivity contribution is -0.112. The summed E-state index contributed by atoms with van der Waals surface area (Å²) in [7, 11) is 1.60. The topological polar surface area (TPSA) is 26.3 Å². The number of hydrogen-bond donors (Lipinski definition) is 0. The second kappa shape index (κ2) is 5.04. The number of alkyl halides is 1. The molecule has 1 aromatic rings. The Bertz CT molecular complexity index is 317. The highest BCUT2D eigenvalue weighted by molar-refractivity contribution is 7.11. The summed E-state index contributed by atoms with van der Waals surface area (Å²) in [5.41, 5.74) is 0. The molecule has 1 heterocycles. The maximum absolute atomic E-state index is 10.9. The van der Waals surface area contributed by atoms with Crippen molar-refractivity contribution in [3.05, 3.63) is 22.4 Å². The van der Waals surface area contributed by atoms with E-state index < -0.39 is 0 Å². The van der Waals surface area contributed by atoms with Crippen molar-refractivity contribution in [1.29, 1.82) is 0 Å². The van der Waals surface area contributed by atoms with Crippen LogP contribution in [0.4, 0.5) is 0 Å². The van der Waals surface area contributed by atoms with Crippen LogP contribution in [0.25, 0.3) is 6.08 Å². The highest BCUT2D eigenvalue weighted by Crippen LogP contribution is 2.25. The standard InChI is InChI=1S/C9H9ClO2S/c1-12-8-4-5-13-9(8)3-2-7(11)6-10/h2-5H,6H2,1H3/b3-2+. The van der Waals surface area contributed by atoms with Crippen LogP contribution in [0.15, 0.2) is 17.5 Å². The Hall–Kier alpha value is -0.800. The molecule has 0 amide bonds. The molecule has 70 valence electrons. The highest BCUT2D eigenvalue weighted by Gasteiger charge is 2.00. The Morgan fingerprint density at radius 3 is 3.15 bits per heavy atom. The van der Waals surface area contributed by atoms with E-state index in [1.165, 1.54) is 17.4 Å². The monoisotopic (exact) mass is 216 g/mol. The van der Waals surface area contributed by atoms with Crippen molar-refractivity contribution < 1.29 is 9.53 Å². The molecule has 0 aliphatic carbocycles. The van der Waals surface area contributed by atoms with Gasteiger partial charge in [-0.2, -0.15) is 0 Å². The molecule has 0 saturated carbocycles. The Kier molecular flexibility index (Phi) is 3.99. The fourth-order valence-electron chi connectivity index (χ4n) is 0.813. The Labute approximate surface area is 85.8 Å². The fraction of sp³-hybridized carbons (Fsp3) is 0.222. The summed E-state index contributed by atoms with van der Waals surface area (Å²) in [6.45, 7) is 0. The van der Waals surface area contributed by atoms with Crippen LogP contribution in [-0.2, 0) is 4.79 Å². The average molecular weight is 217 g/mol. The molecule has 0 radical (unpaired) electrons. The fourth-order valence-corrected chi connectivity index (χ4v) is 1.65. The van der Waals surface area contributed by atoms with Crippen molar-refractivity contribution in [3.8, 4) is 5.75 Å². The van der Waals surface area contributed by atoms with Gasteiger partial charge in [0.25, 0.3) is 0 Å². The van der Waals surface area contributed by atoms with Crippen LogP contribution in [0, 0.1) is 0 Å². The molecule has 0 saturated heterocycles. The van der Waals surface area contributed by atoms with Gasteiger partial charge in [-0.05, 0) is 23.6 Å². The Morgan fingerprint density at radius 1 is 1.77 bits per heavy atom. The minimum Gasteiger partial charge on any atom is -0.495 e. The first-order valence-electron chi connectivity index (χ1n) is 3.66. The van der Waals surface area contributed by atoms with Gasteiger partial charge in [0.1, 0.15) is 5.75 Å². The van der Waals surface area contributed by atoms with Crippen LogP contribution in [0.5, 0.6) is 5.75 Å². The van der Waals surface area contributed by atoms with Crippen molar-refractivity contribution in [3.63, 3.8) is 0 Å². The van der Waals surface area contributed by atoms with Gasteiger partial charge in [0.05, 0.1) is 17.9 Å². The molecule has 1 aromatic heterocycles. The number of thiophene rings is 1. The van der Waals surface area contributed by atoms with Gasteiger partial charge in [0, 0.05) is 0 Å². The van der Waals surface area contributed by atoms with Gasteiger partial charge >= 0.3 is 0 Å². The number of methoxy groups -OCH3 is 1. The van der Waals surface area contributed by atoms with Crippen molar-refractivity contribution in [2.24, 2.45) is 0 Å². The molecule has 0 N–H and O–H groups in total. The lowest BCUT2D eigenvalue weighted by Gasteiger charge is -1.95. The van der Waals surface area contributed by atoms with Crippen molar-refractivity contribution in [1.82, 2.24) is 0 Å². The number of allylic oxidation sites excluding steroid dienone is 1. The van der Waals surface area contributed by atoms with E-state index in [1.54, 1.807) is 13.2 Å². The van der Waals surface area contributed by atoms with E-state index in [2.05, 4.69) is 0 Å². The van der Waals surface area contributed by atoms with Crippen molar-refractivity contribution in [2.75, 3.05) is 13.0 Å². The number of carbonyl (C=O) groups excluding carboxylic acids is 1. The summed E-state index contributed by atoms with van der Waals surface area (Å²) in [5.74, 6) is 0.699. The van der Waals surface area contributed by atoms with Gasteiger partial charge in [-0.15, -0.1) is 22.9 Å². The number of ether oxygens (including phenoxy) is 1. The normalized spacial score (nSPS) is 10.6. The molecular formula is C9H9ClO2S. The third kappa shape index (κ3) is 2.86. The predicted molar refractivity (Wildman–Crippen MR) is 55.6 cm³/mol. The molecule has 0 spiro atoms. The Balaban J connectivity index is 2.73. The van der Waals surface area contributed by atoms with Gasteiger partial charge in [-0.1, -0.05) is 0 Å². The molecular weight excluding hydrogens is 208 g/mol. The Morgan fingerprint density at radius 2 is 2.54 bits per heavy atom. The molecule has 0 atom stereocenters. The molecule has 0 bridgehead atoms. The van der Waals surface area contributed by atoms with E-state index in [-0.39, 0.29) is 11.7 Å². The first-order chi connectivity index (χ1) is 6.27. The van der Waals surface area contributed by atoms with E-state index in [4.69, 9.17) is 16.3 Å². The summed E-state index contributed by atoms with van der Waals surface area (Å²) >= 11 is 6.86. The third-order valence-electron chi connectivity index (χ3n) is 1.43. The number of halogens is 1. The predicted octanol–water partition coefficient (Wildman–Crippen LogP) is 2.58. The minimum atomic E-state index is -0.0999. The first kappa shape index (κ1) is 10.3. The van der Waals surface area contributed by atoms with Crippen molar-refractivity contribution >= 4 is 34.8 Å². The van der Waals surface area contributed by atoms with Crippen LogP contribution >= 0.6 is 22.9 Å². The molecule has 0 unspecified atom stereocenters. The van der Waals surface area contributed by atoms with Gasteiger partial charge in [-0.25, -0.2) is 0 Å². The molecule has 1 rings (SSSR count). The summed E-state index contributed by atoms with van der Waals surface area (Å²) in [5, 5.41) is 1.91. The van der Waals surface area contributed by atoms with Crippen LogP contribution in [0.3, 0.4) is 0 Å². The van der Waals surface area contributed by atoms with Crippen LogP contribution in [0.2, 0.25) is 0 Å². The maximum Gasteiger partial charge on any atom is 0.170 e. The zero-order chi connectivity index (χ0) is 9.68. The quantitative estimate of drug-likeness (QED) is 0.571. The van der Waals surface area contributed by atoms with E-state index in [9.17, 15) is 4.79 Å². The van der Waals surface area contributed by atoms with E-state index in [0.29, 0.717) is 0 Å². The van der Waals surface area contributed by atoms with Crippen LogP contribution in [-0.4, -0.2) is 18.8 Å². The number of carbonyl (C=O) groups is 1. The number of hydrogen-bond acceptors (Lipinski definition) is 3. The zero-order valence-electron chi connectivity index (χ0n) is 7.12. The molecule has 0 fully saturated rings. The zero-order valence-corrected chi connectivity index (χ0v) is 8.69. The lowest BCUT2D eigenvalue weighted by atomic mass is 10.3. The molecule has 13 heavy (non-hydrogen) atoms. The van der Waals surface area contributed by atoms with E-state index in [0.717, 1.165) is 10.6 Å². The maximum atomic E-state index is 10.9.